The summed E-state index contributed by atoms with van der Waals surface area (Å²) >= 11 is 1.40. The molecule has 1 aromatic rings. The zero-order valence-electron chi connectivity index (χ0n) is 5.39. The van der Waals surface area contributed by atoms with E-state index in [-0.39, 0.29) is 5.91 Å². The van der Waals surface area contributed by atoms with E-state index in [1.165, 1.54) is 17.5 Å². The van der Waals surface area contributed by atoms with Crippen LogP contribution in [0.25, 0.3) is 5.57 Å². The third kappa shape index (κ3) is 0.988. The van der Waals surface area contributed by atoms with E-state index >= 15 is 0 Å². The molecular weight excluding hydrogens is 162 g/mol. The van der Waals surface area contributed by atoms with E-state index in [2.05, 4.69) is 15.2 Å². The van der Waals surface area contributed by atoms with E-state index in [0.717, 1.165) is 0 Å². The van der Waals surface area contributed by atoms with Crippen molar-refractivity contribution in [2.45, 2.75) is 0 Å². The molecule has 5 heteroatoms. The molecule has 1 aromatic heterocycles. The zero-order valence-corrected chi connectivity index (χ0v) is 6.21. The summed E-state index contributed by atoms with van der Waals surface area (Å²) in [6.07, 6.45) is 3.08. The number of thiazole rings is 1. The average molecular weight is 165 g/mol. The smallest absolute Gasteiger partial charge is 0.265 e. The standard InChI is InChI=1S/C6H3N3OS/c10-5-4(3-8-9-5)6-7-1-2-11-6/h1-3H. The number of rotatable bonds is 1. The third-order valence-corrected chi connectivity index (χ3v) is 2.03. The van der Waals surface area contributed by atoms with Crippen LogP contribution in [-0.4, -0.2) is 10.9 Å². The number of azo groups is 1. The number of carbonyl (C=O) groups excluding carboxylic acids is 1. The minimum absolute atomic E-state index is 0.306. The van der Waals surface area contributed by atoms with E-state index < -0.39 is 0 Å². The van der Waals surface area contributed by atoms with Crippen molar-refractivity contribution in [1.29, 1.82) is 0 Å². The molecule has 0 aromatic carbocycles. The lowest BCUT2D eigenvalue weighted by Crippen LogP contribution is -1.91. The molecule has 0 atom stereocenters. The summed E-state index contributed by atoms with van der Waals surface area (Å²) < 4.78 is 0. The number of amides is 1. The minimum Gasteiger partial charge on any atom is -0.265 e. The summed E-state index contributed by atoms with van der Waals surface area (Å²) in [5.41, 5.74) is 0.486. The second-order valence-corrected chi connectivity index (χ2v) is 2.80. The van der Waals surface area contributed by atoms with Gasteiger partial charge in [-0.05, 0) is 0 Å². The molecule has 54 valence electrons. The van der Waals surface area contributed by atoms with Crippen molar-refractivity contribution in [2.24, 2.45) is 10.2 Å². The van der Waals surface area contributed by atoms with Crippen molar-refractivity contribution in [2.75, 3.05) is 0 Å². The van der Waals surface area contributed by atoms with Gasteiger partial charge in [-0.15, -0.1) is 16.5 Å². The molecular formula is C6H3N3OS. The molecule has 0 fully saturated rings. The highest BCUT2D eigenvalue weighted by molar-refractivity contribution is 7.11. The van der Waals surface area contributed by atoms with Gasteiger partial charge in [0.05, 0.1) is 11.8 Å². The van der Waals surface area contributed by atoms with Crippen molar-refractivity contribution in [3.63, 3.8) is 0 Å². The van der Waals surface area contributed by atoms with Gasteiger partial charge in [0.15, 0.2) is 0 Å². The quantitative estimate of drug-likeness (QED) is 0.632. The molecule has 2 rings (SSSR count). The molecule has 11 heavy (non-hydrogen) atoms. The molecule has 0 saturated heterocycles. The van der Waals surface area contributed by atoms with Gasteiger partial charge in [-0.1, -0.05) is 0 Å². The maximum Gasteiger partial charge on any atom is 0.300 e. The van der Waals surface area contributed by atoms with Gasteiger partial charge < -0.3 is 0 Å². The molecule has 1 amide bonds. The fourth-order valence-corrected chi connectivity index (χ4v) is 1.39. The summed E-state index contributed by atoms with van der Waals surface area (Å²) in [5, 5.41) is 9.30. The zero-order chi connectivity index (χ0) is 7.68. The Labute approximate surface area is 66.3 Å². The van der Waals surface area contributed by atoms with E-state index in [1.807, 2.05) is 5.38 Å². The van der Waals surface area contributed by atoms with Crippen molar-refractivity contribution >= 4 is 22.8 Å². The van der Waals surface area contributed by atoms with E-state index in [9.17, 15) is 4.79 Å². The van der Waals surface area contributed by atoms with Gasteiger partial charge >= 0.3 is 0 Å². The Morgan fingerprint density at radius 2 is 2.36 bits per heavy atom. The molecule has 0 unspecified atom stereocenters. The molecule has 0 bridgehead atoms. The lowest BCUT2D eigenvalue weighted by Gasteiger charge is -1.87. The maximum atomic E-state index is 10.9. The van der Waals surface area contributed by atoms with Gasteiger partial charge in [-0.2, -0.15) is 5.11 Å². The first-order valence-electron chi connectivity index (χ1n) is 2.93. The van der Waals surface area contributed by atoms with Crippen LogP contribution in [0.3, 0.4) is 0 Å². The molecule has 2 heterocycles. The minimum atomic E-state index is -0.306. The SMILES string of the molecule is O=C1N=NC=C1c1nccs1. The molecule has 0 radical (unpaired) electrons. The van der Waals surface area contributed by atoms with Crippen LogP contribution in [0.1, 0.15) is 5.01 Å². The number of aromatic nitrogens is 1. The predicted molar refractivity (Wildman–Crippen MR) is 40.0 cm³/mol. The van der Waals surface area contributed by atoms with Crippen molar-refractivity contribution in [1.82, 2.24) is 4.98 Å². The normalized spacial score (nSPS) is 15.6. The topological polar surface area (TPSA) is 54.7 Å². The van der Waals surface area contributed by atoms with Crippen molar-refractivity contribution in [3.8, 4) is 0 Å². The first-order chi connectivity index (χ1) is 5.38. The summed E-state index contributed by atoms with van der Waals surface area (Å²) in [4.78, 5) is 14.9. The lowest BCUT2D eigenvalue weighted by atomic mass is 10.3. The van der Waals surface area contributed by atoms with Crippen LogP contribution in [0.4, 0.5) is 0 Å². The second-order valence-electron chi connectivity index (χ2n) is 1.90. The predicted octanol–water partition coefficient (Wildman–Crippen LogP) is 1.48. The van der Waals surface area contributed by atoms with Crippen LogP contribution in [0.2, 0.25) is 0 Å². The van der Waals surface area contributed by atoms with Gasteiger partial charge in [-0.25, -0.2) is 4.98 Å². The first kappa shape index (κ1) is 6.36. The van der Waals surface area contributed by atoms with Gasteiger partial charge in [0.1, 0.15) is 5.01 Å². The molecule has 0 spiro atoms. The Bertz CT molecular complexity index is 339. The highest BCUT2D eigenvalue weighted by Crippen LogP contribution is 2.21. The van der Waals surface area contributed by atoms with E-state index in [1.54, 1.807) is 6.20 Å². The van der Waals surface area contributed by atoms with Gasteiger partial charge in [0, 0.05) is 11.6 Å². The van der Waals surface area contributed by atoms with Crippen molar-refractivity contribution < 1.29 is 4.79 Å². The number of nitrogens with zero attached hydrogens (tertiary/aromatic N) is 3. The van der Waals surface area contributed by atoms with Gasteiger partial charge in [0.2, 0.25) is 0 Å². The third-order valence-electron chi connectivity index (χ3n) is 1.23. The average Bonchev–Trinajstić information content (AvgIpc) is 2.55. The summed E-state index contributed by atoms with van der Waals surface area (Å²) in [6, 6.07) is 0. The lowest BCUT2D eigenvalue weighted by molar-refractivity contribution is -0.112. The van der Waals surface area contributed by atoms with Crippen LogP contribution in [0.5, 0.6) is 0 Å². The molecule has 1 aliphatic heterocycles. The molecule has 0 N–H and O–H groups in total. The van der Waals surface area contributed by atoms with Crippen LogP contribution in [-0.2, 0) is 4.79 Å². The monoisotopic (exact) mass is 165 g/mol. The molecule has 1 aliphatic rings. The Hall–Kier alpha value is -1.36. The van der Waals surface area contributed by atoms with Crippen LogP contribution in [0, 0.1) is 0 Å². The van der Waals surface area contributed by atoms with E-state index in [4.69, 9.17) is 0 Å². The summed E-state index contributed by atoms with van der Waals surface area (Å²) in [6.45, 7) is 0. The highest BCUT2D eigenvalue weighted by Gasteiger charge is 2.17. The highest BCUT2D eigenvalue weighted by atomic mass is 32.1. The largest absolute Gasteiger partial charge is 0.300 e. The number of hydrogen-bond donors (Lipinski definition) is 0. The van der Waals surface area contributed by atoms with Crippen LogP contribution >= 0.6 is 11.3 Å². The van der Waals surface area contributed by atoms with Gasteiger partial charge in [-0.3, -0.25) is 4.79 Å². The Kier molecular flexibility index (Phi) is 1.36. The Morgan fingerprint density at radius 3 is 2.91 bits per heavy atom. The second kappa shape index (κ2) is 2.35. The van der Waals surface area contributed by atoms with Crippen molar-refractivity contribution in [3.05, 3.63) is 22.8 Å². The molecule has 0 aliphatic carbocycles. The fraction of sp³-hybridized carbons (Fsp3) is 0. The van der Waals surface area contributed by atoms with Crippen LogP contribution < -0.4 is 0 Å². The summed E-state index contributed by atoms with van der Waals surface area (Å²) in [5.74, 6) is -0.306. The fourth-order valence-electron chi connectivity index (χ4n) is 0.751. The Morgan fingerprint density at radius 1 is 1.45 bits per heavy atom. The number of hydrogen-bond acceptors (Lipinski definition) is 4. The first-order valence-corrected chi connectivity index (χ1v) is 3.81. The number of carbonyl (C=O) groups is 1. The van der Waals surface area contributed by atoms with Gasteiger partial charge in [0.25, 0.3) is 5.91 Å². The van der Waals surface area contributed by atoms with Crippen LogP contribution in [0.15, 0.2) is 28.0 Å². The summed E-state index contributed by atoms with van der Waals surface area (Å²) in [7, 11) is 0. The molecule has 0 saturated carbocycles. The van der Waals surface area contributed by atoms with E-state index in [0.29, 0.717) is 10.6 Å². The maximum absolute atomic E-state index is 10.9. The Balaban J connectivity index is 2.40. The molecule has 4 nitrogen and oxygen atoms in total.